The van der Waals surface area contributed by atoms with Crippen molar-refractivity contribution in [3.63, 3.8) is 0 Å². The van der Waals surface area contributed by atoms with E-state index in [9.17, 15) is 9.59 Å². The number of carbonyl (C=O) groups excluding carboxylic acids is 2. The molecule has 2 rings (SSSR count). The van der Waals surface area contributed by atoms with Crippen LogP contribution < -0.4 is 10.6 Å². The molecule has 0 atom stereocenters. The number of terminal acetylenes is 1. The summed E-state index contributed by atoms with van der Waals surface area (Å²) in [5.74, 6) is 2.74. The number of nitrogens with zero attached hydrogens (tertiary/aromatic N) is 3. The van der Waals surface area contributed by atoms with Gasteiger partial charge in [0.15, 0.2) is 5.66 Å². The molecule has 1 amide bonds. The molecule has 2 heterocycles. The summed E-state index contributed by atoms with van der Waals surface area (Å²) in [4.78, 5) is 27.5. The van der Waals surface area contributed by atoms with Crippen LogP contribution in [0.25, 0.3) is 0 Å². The first-order valence-electron chi connectivity index (χ1n) is 8.60. The molecule has 1 aromatic rings. The smallest absolute Gasteiger partial charge is 0.339 e. The minimum Gasteiger partial charge on any atom is -0.462 e. The molecule has 0 bridgehead atoms. The van der Waals surface area contributed by atoms with Gasteiger partial charge in [-0.15, -0.1) is 12.3 Å². The Morgan fingerprint density at radius 1 is 1.27 bits per heavy atom. The van der Waals surface area contributed by atoms with E-state index in [1.54, 1.807) is 19.1 Å². The monoisotopic (exact) mass is 357 g/mol. The van der Waals surface area contributed by atoms with Gasteiger partial charge in [-0.25, -0.2) is 9.78 Å². The number of carbonyl (C=O) groups is 2. The Morgan fingerprint density at radius 2 is 2.08 bits per heavy atom. The van der Waals surface area contributed by atoms with Crippen LogP contribution >= 0.6 is 0 Å². The van der Waals surface area contributed by atoms with Gasteiger partial charge in [0.05, 0.1) is 12.2 Å². The summed E-state index contributed by atoms with van der Waals surface area (Å²) in [7, 11) is 0. The zero-order valence-corrected chi connectivity index (χ0v) is 14.8. The van der Waals surface area contributed by atoms with Crippen LogP contribution in [0.2, 0.25) is 0 Å². The van der Waals surface area contributed by atoms with Crippen molar-refractivity contribution in [1.29, 1.82) is 0 Å². The molecule has 8 heteroatoms. The second-order valence-electron chi connectivity index (χ2n) is 5.82. The van der Waals surface area contributed by atoms with Gasteiger partial charge in [-0.05, 0) is 19.1 Å². The number of esters is 1. The van der Waals surface area contributed by atoms with Crippen molar-refractivity contribution in [2.75, 3.05) is 25.0 Å². The standard InChI is InChI=1S/C18H23N5O3/c1-3-5-9-18(22-23-18)10-8-16(24)20-12-11-19-15-7-6-14(13-21-15)17(25)26-4-2/h1,6-7,13H,4-5,8-12H2,2H3,(H,19,21)(H,20,24). The van der Waals surface area contributed by atoms with Gasteiger partial charge in [0, 0.05) is 45.0 Å². The van der Waals surface area contributed by atoms with Crippen molar-refractivity contribution in [3.8, 4) is 12.3 Å². The fraction of sp³-hybridized carbons (Fsp3) is 0.500. The highest BCUT2D eigenvalue weighted by molar-refractivity contribution is 5.89. The molecule has 0 aliphatic carbocycles. The fourth-order valence-corrected chi connectivity index (χ4v) is 2.30. The number of anilines is 1. The van der Waals surface area contributed by atoms with Crippen molar-refractivity contribution in [1.82, 2.24) is 10.3 Å². The van der Waals surface area contributed by atoms with E-state index >= 15 is 0 Å². The molecule has 26 heavy (non-hydrogen) atoms. The van der Waals surface area contributed by atoms with E-state index in [4.69, 9.17) is 11.2 Å². The Labute approximate surface area is 152 Å². The summed E-state index contributed by atoms with van der Waals surface area (Å²) in [5.41, 5.74) is -0.0209. The largest absolute Gasteiger partial charge is 0.462 e. The Kier molecular flexibility index (Phi) is 7.09. The van der Waals surface area contributed by atoms with E-state index in [0.717, 1.165) is 0 Å². The zero-order valence-electron chi connectivity index (χ0n) is 14.8. The molecule has 0 aromatic carbocycles. The lowest BCUT2D eigenvalue weighted by Crippen LogP contribution is -2.29. The molecule has 8 nitrogen and oxygen atoms in total. The van der Waals surface area contributed by atoms with Gasteiger partial charge < -0.3 is 15.4 Å². The predicted octanol–water partition coefficient (Wildman–Crippen LogP) is 2.14. The van der Waals surface area contributed by atoms with Gasteiger partial charge in [0.1, 0.15) is 5.82 Å². The lowest BCUT2D eigenvalue weighted by atomic mass is 10.0. The van der Waals surface area contributed by atoms with Gasteiger partial charge in [0.2, 0.25) is 5.91 Å². The average Bonchev–Trinajstić information content (AvgIpc) is 3.43. The summed E-state index contributed by atoms with van der Waals surface area (Å²) in [6, 6.07) is 3.34. The molecule has 0 spiro atoms. The van der Waals surface area contributed by atoms with Crippen LogP contribution in [-0.2, 0) is 9.53 Å². The summed E-state index contributed by atoms with van der Waals surface area (Å²) in [5, 5.41) is 13.9. The van der Waals surface area contributed by atoms with Gasteiger partial charge >= 0.3 is 5.97 Å². The van der Waals surface area contributed by atoms with E-state index in [1.807, 2.05) is 0 Å². The highest BCUT2D eigenvalue weighted by atomic mass is 16.5. The molecule has 1 aromatic heterocycles. The third-order valence-corrected chi connectivity index (χ3v) is 3.83. The maximum absolute atomic E-state index is 11.9. The molecule has 2 N–H and O–H groups in total. The van der Waals surface area contributed by atoms with Crippen molar-refractivity contribution in [2.24, 2.45) is 10.2 Å². The molecular formula is C18H23N5O3. The SMILES string of the molecule is C#CCCC1(CCC(=O)NCCNc2ccc(C(=O)OCC)cn2)N=N1. The fourth-order valence-electron chi connectivity index (χ4n) is 2.30. The summed E-state index contributed by atoms with van der Waals surface area (Å²) in [6.07, 6.45) is 8.96. The highest BCUT2D eigenvalue weighted by Crippen LogP contribution is 2.37. The Hall–Kier alpha value is -2.95. The van der Waals surface area contributed by atoms with Crippen LogP contribution in [0.15, 0.2) is 28.6 Å². The van der Waals surface area contributed by atoms with Crippen LogP contribution in [-0.4, -0.2) is 42.2 Å². The Bertz CT molecular complexity index is 688. The molecule has 0 unspecified atom stereocenters. The average molecular weight is 357 g/mol. The van der Waals surface area contributed by atoms with E-state index in [1.165, 1.54) is 6.20 Å². The van der Waals surface area contributed by atoms with Gasteiger partial charge in [0.25, 0.3) is 0 Å². The molecule has 0 saturated carbocycles. The molecule has 0 fully saturated rings. The topological polar surface area (TPSA) is 105 Å². The van der Waals surface area contributed by atoms with Crippen LogP contribution in [0.4, 0.5) is 5.82 Å². The Morgan fingerprint density at radius 3 is 2.69 bits per heavy atom. The van der Waals surface area contributed by atoms with Gasteiger partial charge in [-0.3, -0.25) is 4.79 Å². The molecule has 1 aliphatic rings. The third kappa shape index (κ3) is 6.16. The molecular weight excluding hydrogens is 334 g/mol. The molecule has 1 aliphatic heterocycles. The van der Waals surface area contributed by atoms with E-state index in [0.29, 0.717) is 56.8 Å². The maximum atomic E-state index is 11.9. The normalized spacial score (nSPS) is 13.5. The van der Waals surface area contributed by atoms with Crippen LogP contribution in [0.1, 0.15) is 43.0 Å². The number of hydrogen-bond acceptors (Lipinski definition) is 7. The first-order chi connectivity index (χ1) is 12.6. The van der Waals surface area contributed by atoms with Gasteiger partial charge in [-0.1, -0.05) is 0 Å². The number of pyridine rings is 1. The van der Waals surface area contributed by atoms with E-state index in [2.05, 4.69) is 31.8 Å². The van der Waals surface area contributed by atoms with Crippen LogP contribution in [0.5, 0.6) is 0 Å². The molecule has 0 radical (unpaired) electrons. The second-order valence-corrected chi connectivity index (χ2v) is 5.82. The third-order valence-electron chi connectivity index (χ3n) is 3.83. The molecule has 0 saturated heterocycles. The Balaban J connectivity index is 1.60. The number of nitrogens with one attached hydrogen (secondary N) is 2. The van der Waals surface area contributed by atoms with E-state index in [-0.39, 0.29) is 5.91 Å². The lowest BCUT2D eigenvalue weighted by Gasteiger charge is -2.10. The molecule has 138 valence electrons. The minimum absolute atomic E-state index is 0.0465. The summed E-state index contributed by atoms with van der Waals surface area (Å²) in [6.45, 7) is 3.06. The number of amides is 1. The second kappa shape index (κ2) is 9.51. The van der Waals surface area contributed by atoms with Crippen LogP contribution in [0.3, 0.4) is 0 Å². The zero-order chi connectivity index (χ0) is 18.8. The number of aromatic nitrogens is 1. The van der Waals surface area contributed by atoms with Crippen molar-refractivity contribution in [3.05, 3.63) is 23.9 Å². The van der Waals surface area contributed by atoms with Crippen molar-refractivity contribution >= 4 is 17.7 Å². The maximum Gasteiger partial charge on any atom is 0.339 e. The number of rotatable bonds is 11. The highest BCUT2D eigenvalue weighted by Gasteiger charge is 2.39. The first-order valence-corrected chi connectivity index (χ1v) is 8.60. The minimum atomic E-state index is -0.424. The quantitative estimate of drug-likeness (QED) is 0.359. The van der Waals surface area contributed by atoms with Crippen LogP contribution in [0, 0.1) is 12.3 Å². The van der Waals surface area contributed by atoms with Gasteiger partial charge in [-0.2, -0.15) is 10.2 Å². The number of hydrogen-bond donors (Lipinski definition) is 2. The lowest BCUT2D eigenvalue weighted by molar-refractivity contribution is -0.121. The van der Waals surface area contributed by atoms with Crippen molar-refractivity contribution in [2.45, 2.75) is 38.3 Å². The predicted molar refractivity (Wildman–Crippen MR) is 96.6 cm³/mol. The summed E-state index contributed by atoms with van der Waals surface area (Å²) < 4.78 is 4.90. The first kappa shape index (κ1) is 19.4. The van der Waals surface area contributed by atoms with E-state index < -0.39 is 11.6 Å². The number of ether oxygens (including phenoxy) is 1. The van der Waals surface area contributed by atoms with Crippen molar-refractivity contribution < 1.29 is 14.3 Å². The summed E-state index contributed by atoms with van der Waals surface area (Å²) >= 11 is 0.